The molecule has 0 aliphatic carbocycles. The second-order valence-electron chi connectivity index (χ2n) is 9.79. The van der Waals surface area contributed by atoms with Crippen LogP contribution in [0.4, 0.5) is 23.7 Å². The Bertz CT molecular complexity index is 1110. The van der Waals surface area contributed by atoms with Crippen LogP contribution in [0, 0.1) is 0 Å². The third kappa shape index (κ3) is 6.83. The lowest BCUT2D eigenvalue weighted by atomic mass is 9.93. The van der Waals surface area contributed by atoms with Crippen molar-refractivity contribution in [2.45, 2.75) is 31.2 Å². The fourth-order valence-corrected chi connectivity index (χ4v) is 4.80. The molecule has 2 saturated heterocycles. The highest BCUT2D eigenvalue weighted by Gasteiger charge is 2.35. The Kier molecular flexibility index (Phi) is 8.59. The van der Waals surface area contributed by atoms with E-state index in [2.05, 4.69) is 10.2 Å². The normalized spacial score (nSPS) is 18.2. The fourth-order valence-electron chi connectivity index (χ4n) is 4.80. The number of carbonyl (C=O) groups excluding carboxylic acids is 2. The fraction of sp³-hybridized carbons (Fsp3) is 0.481. The molecule has 2 aliphatic heterocycles. The van der Waals surface area contributed by atoms with Crippen molar-refractivity contribution in [3.8, 4) is 0 Å². The van der Waals surface area contributed by atoms with Gasteiger partial charge in [-0.25, -0.2) is 4.79 Å². The number of urea groups is 1. The second kappa shape index (κ2) is 11.7. The van der Waals surface area contributed by atoms with Crippen molar-refractivity contribution >= 4 is 17.6 Å². The molecule has 206 valence electrons. The number of amides is 3. The van der Waals surface area contributed by atoms with Gasteiger partial charge in [-0.15, -0.1) is 0 Å². The molecule has 8 nitrogen and oxygen atoms in total. The van der Waals surface area contributed by atoms with Gasteiger partial charge in [-0.3, -0.25) is 14.6 Å². The molecule has 2 aliphatic rings. The zero-order valence-electron chi connectivity index (χ0n) is 21.3. The first-order chi connectivity index (χ1) is 18.1. The van der Waals surface area contributed by atoms with Crippen LogP contribution in [-0.4, -0.2) is 85.4 Å². The molecule has 2 aromatic rings. The van der Waals surface area contributed by atoms with Crippen LogP contribution in [0.5, 0.6) is 0 Å². The average Bonchev–Trinajstić information content (AvgIpc) is 2.91. The van der Waals surface area contributed by atoms with Crippen molar-refractivity contribution in [2.75, 3.05) is 57.9 Å². The Morgan fingerprint density at radius 1 is 1.05 bits per heavy atom. The SMILES string of the molecule is CNC(=O)c1ccc(CN(C(=O)N2CCN(CC3(O)CCOCC3)CC2)c2cccc(C(F)(F)F)c2)cc1. The smallest absolute Gasteiger partial charge is 0.388 e. The Balaban J connectivity index is 1.51. The number of aliphatic hydroxyl groups is 1. The van der Waals surface area contributed by atoms with E-state index in [9.17, 15) is 27.9 Å². The number of nitrogens with one attached hydrogen (secondary N) is 1. The third-order valence-corrected chi connectivity index (χ3v) is 7.08. The number of hydrogen-bond donors (Lipinski definition) is 2. The molecule has 11 heteroatoms. The van der Waals surface area contributed by atoms with Gasteiger partial charge in [0.1, 0.15) is 0 Å². The molecule has 2 heterocycles. The van der Waals surface area contributed by atoms with E-state index < -0.39 is 23.4 Å². The maximum Gasteiger partial charge on any atom is 0.416 e. The maximum absolute atomic E-state index is 13.7. The number of hydrogen-bond acceptors (Lipinski definition) is 5. The monoisotopic (exact) mass is 534 g/mol. The van der Waals surface area contributed by atoms with Crippen LogP contribution in [0.3, 0.4) is 0 Å². The summed E-state index contributed by atoms with van der Waals surface area (Å²) in [5, 5.41) is 13.4. The molecule has 0 spiro atoms. The first kappa shape index (κ1) is 27.9. The molecule has 3 amide bonds. The van der Waals surface area contributed by atoms with Crippen LogP contribution in [0.2, 0.25) is 0 Å². The molecular formula is C27H33F3N4O4. The van der Waals surface area contributed by atoms with Gasteiger partial charge in [0.25, 0.3) is 5.91 Å². The molecule has 0 saturated carbocycles. The van der Waals surface area contributed by atoms with Gasteiger partial charge in [0, 0.05) is 77.1 Å². The molecule has 0 atom stereocenters. The van der Waals surface area contributed by atoms with Gasteiger partial charge in [0.15, 0.2) is 0 Å². The second-order valence-corrected chi connectivity index (χ2v) is 9.79. The van der Waals surface area contributed by atoms with E-state index in [1.54, 1.807) is 29.2 Å². The molecule has 0 bridgehead atoms. The number of ether oxygens (including phenoxy) is 1. The van der Waals surface area contributed by atoms with E-state index in [1.165, 1.54) is 24.1 Å². The Hall–Kier alpha value is -3.15. The summed E-state index contributed by atoms with van der Waals surface area (Å²) in [5.41, 5.74) is -0.397. The zero-order chi connectivity index (χ0) is 27.3. The van der Waals surface area contributed by atoms with E-state index in [4.69, 9.17) is 4.74 Å². The molecule has 2 aromatic carbocycles. The average molecular weight is 535 g/mol. The number of nitrogens with zero attached hydrogens (tertiary/aromatic N) is 3. The first-order valence-corrected chi connectivity index (χ1v) is 12.7. The summed E-state index contributed by atoms with van der Waals surface area (Å²) in [6.07, 6.45) is -3.42. The van der Waals surface area contributed by atoms with Crippen LogP contribution in [0.1, 0.15) is 34.3 Å². The number of carbonyl (C=O) groups is 2. The quantitative estimate of drug-likeness (QED) is 0.594. The first-order valence-electron chi connectivity index (χ1n) is 12.7. The van der Waals surface area contributed by atoms with Crippen molar-refractivity contribution in [2.24, 2.45) is 0 Å². The number of alkyl halides is 3. The van der Waals surface area contributed by atoms with Crippen molar-refractivity contribution in [1.82, 2.24) is 15.1 Å². The number of rotatable bonds is 6. The van der Waals surface area contributed by atoms with E-state index in [0.29, 0.717) is 69.9 Å². The Labute approximate surface area is 220 Å². The standard InChI is InChI=1S/C27H33F3N4O4/c1-31-24(35)21-7-5-20(6-8-21)18-34(23-4-2-3-22(17-23)27(28,29)30)25(36)33-13-11-32(12-14-33)19-26(37)9-15-38-16-10-26/h2-8,17,37H,9-16,18-19H2,1H3,(H,31,35). The lowest BCUT2D eigenvalue weighted by molar-refractivity contribution is -0.137. The van der Waals surface area contributed by atoms with E-state index in [1.807, 2.05) is 0 Å². The predicted octanol–water partition coefficient (Wildman–Crippen LogP) is 3.35. The molecule has 2 fully saturated rings. The van der Waals surface area contributed by atoms with Crippen LogP contribution < -0.4 is 10.2 Å². The largest absolute Gasteiger partial charge is 0.416 e. The van der Waals surface area contributed by atoms with E-state index >= 15 is 0 Å². The van der Waals surface area contributed by atoms with E-state index in [0.717, 1.165) is 12.1 Å². The van der Waals surface area contributed by atoms with Crippen LogP contribution in [0.25, 0.3) is 0 Å². The molecule has 0 aromatic heterocycles. The zero-order valence-corrected chi connectivity index (χ0v) is 21.3. The van der Waals surface area contributed by atoms with Crippen LogP contribution in [0.15, 0.2) is 48.5 Å². The Morgan fingerprint density at radius 2 is 1.71 bits per heavy atom. The van der Waals surface area contributed by atoms with Gasteiger partial charge in [-0.05, 0) is 35.9 Å². The van der Waals surface area contributed by atoms with Gasteiger partial charge in [-0.1, -0.05) is 18.2 Å². The molecule has 4 rings (SSSR count). The highest BCUT2D eigenvalue weighted by Crippen LogP contribution is 2.32. The van der Waals surface area contributed by atoms with Crippen molar-refractivity contribution in [3.63, 3.8) is 0 Å². The van der Waals surface area contributed by atoms with E-state index in [-0.39, 0.29) is 18.1 Å². The highest BCUT2D eigenvalue weighted by atomic mass is 19.4. The lowest BCUT2D eigenvalue weighted by Crippen LogP contribution is -2.56. The van der Waals surface area contributed by atoms with Crippen molar-refractivity contribution < 1.29 is 32.6 Å². The summed E-state index contributed by atoms with van der Waals surface area (Å²) >= 11 is 0. The van der Waals surface area contributed by atoms with Crippen LogP contribution in [-0.2, 0) is 17.5 Å². The Morgan fingerprint density at radius 3 is 2.32 bits per heavy atom. The number of benzene rings is 2. The lowest BCUT2D eigenvalue weighted by Gasteiger charge is -2.41. The van der Waals surface area contributed by atoms with Crippen LogP contribution >= 0.6 is 0 Å². The minimum absolute atomic E-state index is 0.0358. The summed E-state index contributed by atoms with van der Waals surface area (Å²) < 4.78 is 45.7. The highest BCUT2D eigenvalue weighted by molar-refractivity contribution is 5.94. The summed E-state index contributed by atoms with van der Waals surface area (Å²) in [5.74, 6) is -0.259. The number of β-amino-alcohol motifs (C(OH)–C–C–N with tert-alkyl or cyclic N) is 1. The summed E-state index contributed by atoms with van der Waals surface area (Å²) in [6.45, 7) is 3.43. The number of anilines is 1. The van der Waals surface area contributed by atoms with Gasteiger partial charge in [-0.2, -0.15) is 13.2 Å². The maximum atomic E-state index is 13.7. The van der Waals surface area contributed by atoms with Gasteiger partial charge >= 0.3 is 12.2 Å². The topological polar surface area (TPSA) is 85.4 Å². The molecular weight excluding hydrogens is 501 g/mol. The summed E-state index contributed by atoms with van der Waals surface area (Å²) in [7, 11) is 1.52. The van der Waals surface area contributed by atoms with Gasteiger partial charge in [0.2, 0.25) is 0 Å². The number of halogens is 3. The van der Waals surface area contributed by atoms with Crippen molar-refractivity contribution in [3.05, 3.63) is 65.2 Å². The summed E-state index contributed by atoms with van der Waals surface area (Å²) in [6, 6.07) is 10.9. The predicted molar refractivity (Wildman–Crippen MR) is 136 cm³/mol. The molecule has 38 heavy (non-hydrogen) atoms. The van der Waals surface area contributed by atoms with Gasteiger partial charge in [0.05, 0.1) is 17.7 Å². The number of piperazine rings is 1. The molecule has 0 radical (unpaired) electrons. The molecule has 2 N–H and O–H groups in total. The van der Waals surface area contributed by atoms with Gasteiger partial charge < -0.3 is 20.1 Å². The minimum atomic E-state index is -4.55. The molecule has 0 unspecified atom stereocenters. The van der Waals surface area contributed by atoms with Crippen molar-refractivity contribution in [1.29, 1.82) is 0 Å². The minimum Gasteiger partial charge on any atom is -0.388 e. The summed E-state index contributed by atoms with van der Waals surface area (Å²) in [4.78, 5) is 30.6. The third-order valence-electron chi connectivity index (χ3n) is 7.08.